The first-order chi connectivity index (χ1) is 12.4. The third-order valence-corrected chi connectivity index (χ3v) is 6.48. The molecule has 0 N–H and O–H groups in total. The summed E-state index contributed by atoms with van der Waals surface area (Å²) in [7, 11) is 0. The van der Waals surface area contributed by atoms with Crippen molar-refractivity contribution in [2.24, 2.45) is 16.8 Å². The molecule has 2 aliphatic heterocycles. The molecule has 3 aliphatic rings. The van der Waals surface area contributed by atoms with Gasteiger partial charge in [0.1, 0.15) is 0 Å². The van der Waals surface area contributed by atoms with Crippen molar-refractivity contribution in [1.82, 2.24) is 4.90 Å². The van der Waals surface area contributed by atoms with Crippen LogP contribution in [0.3, 0.4) is 0 Å². The molecule has 1 saturated carbocycles. The van der Waals surface area contributed by atoms with Crippen LogP contribution in [0.25, 0.3) is 0 Å². The fourth-order valence-corrected chi connectivity index (χ4v) is 5.00. The molecular formula is C23H32N2. The lowest BCUT2D eigenvalue weighted by Crippen LogP contribution is -2.38. The summed E-state index contributed by atoms with van der Waals surface area (Å²) in [5.74, 6) is 1.75. The molecule has 2 fully saturated rings. The van der Waals surface area contributed by atoms with E-state index in [1.807, 2.05) is 0 Å². The van der Waals surface area contributed by atoms with E-state index in [-0.39, 0.29) is 0 Å². The zero-order valence-electron chi connectivity index (χ0n) is 15.5. The van der Waals surface area contributed by atoms with Gasteiger partial charge in [0, 0.05) is 12.8 Å². The number of benzene rings is 1. The summed E-state index contributed by atoms with van der Waals surface area (Å²) in [5.41, 5.74) is 4.55. The van der Waals surface area contributed by atoms with Gasteiger partial charge in [-0.1, -0.05) is 49.6 Å². The fraction of sp³-hybridized carbons (Fsp3) is 0.609. The molecule has 4 rings (SSSR count). The van der Waals surface area contributed by atoms with Crippen molar-refractivity contribution in [2.75, 3.05) is 26.2 Å². The fourth-order valence-electron chi connectivity index (χ4n) is 5.00. The number of piperidine rings is 1. The molecule has 0 amide bonds. The molecule has 2 heteroatoms. The first-order valence-corrected chi connectivity index (χ1v) is 10.4. The highest BCUT2D eigenvalue weighted by molar-refractivity contribution is 5.83. The van der Waals surface area contributed by atoms with E-state index in [2.05, 4.69) is 46.4 Å². The highest BCUT2D eigenvalue weighted by Crippen LogP contribution is 2.32. The van der Waals surface area contributed by atoms with Crippen LogP contribution in [0, 0.1) is 11.8 Å². The second kappa shape index (κ2) is 8.31. The van der Waals surface area contributed by atoms with Gasteiger partial charge in [-0.25, -0.2) is 0 Å². The molecule has 2 nitrogen and oxygen atoms in total. The Morgan fingerprint density at radius 1 is 0.920 bits per heavy atom. The van der Waals surface area contributed by atoms with Crippen molar-refractivity contribution in [3.8, 4) is 0 Å². The minimum atomic E-state index is 0.767. The highest BCUT2D eigenvalue weighted by Gasteiger charge is 2.27. The maximum atomic E-state index is 4.62. The highest BCUT2D eigenvalue weighted by atomic mass is 15.1. The van der Waals surface area contributed by atoms with Gasteiger partial charge in [-0.2, -0.15) is 0 Å². The van der Waals surface area contributed by atoms with Crippen LogP contribution in [0.2, 0.25) is 0 Å². The average molecular weight is 337 g/mol. The molecule has 0 unspecified atom stereocenters. The van der Waals surface area contributed by atoms with Crippen LogP contribution in [0.4, 0.5) is 0 Å². The molecule has 1 saturated heterocycles. The third kappa shape index (κ3) is 4.41. The summed E-state index contributed by atoms with van der Waals surface area (Å²) < 4.78 is 0. The summed E-state index contributed by atoms with van der Waals surface area (Å²) in [4.78, 5) is 7.37. The van der Waals surface area contributed by atoms with Gasteiger partial charge in [0.25, 0.3) is 0 Å². The molecule has 134 valence electrons. The van der Waals surface area contributed by atoms with Crippen LogP contribution in [0.1, 0.15) is 50.5 Å². The van der Waals surface area contributed by atoms with E-state index in [1.54, 1.807) is 5.57 Å². The lowest BCUT2D eigenvalue weighted by atomic mass is 9.84. The lowest BCUT2D eigenvalue weighted by Gasteiger charge is -2.36. The van der Waals surface area contributed by atoms with Crippen LogP contribution >= 0.6 is 0 Å². The second-order valence-electron chi connectivity index (χ2n) is 8.26. The van der Waals surface area contributed by atoms with Gasteiger partial charge < -0.3 is 4.90 Å². The van der Waals surface area contributed by atoms with E-state index in [9.17, 15) is 0 Å². The Morgan fingerprint density at radius 2 is 1.68 bits per heavy atom. The number of hydrogen-bond acceptors (Lipinski definition) is 2. The summed E-state index contributed by atoms with van der Waals surface area (Å²) in [6, 6.07) is 10.9. The van der Waals surface area contributed by atoms with Gasteiger partial charge in [0.2, 0.25) is 0 Å². The summed E-state index contributed by atoms with van der Waals surface area (Å²) >= 11 is 0. The zero-order valence-corrected chi connectivity index (χ0v) is 15.5. The van der Waals surface area contributed by atoms with Crippen molar-refractivity contribution >= 4 is 6.21 Å². The Morgan fingerprint density at radius 3 is 2.44 bits per heavy atom. The Bertz CT molecular complexity index is 602. The molecule has 0 radical (unpaired) electrons. The van der Waals surface area contributed by atoms with Gasteiger partial charge in [0.15, 0.2) is 0 Å². The van der Waals surface area contributed by atoms with E-state index in [0.29, 0.717) is 0 Å². The van der Waals surface area contributed by atoms with Crippen molar-refractivity contribution in [1.29, 1.82) is 0 Å². The molecule has 1 aliphatic carbocycles. The first kappa shape index (κ1) is 17.0. The SMILES string of the molecule is C1=NCC(C2CCN(CC3CCCCC3)CC2)=C1Cc1ccccc1. The van der Waals surface area contributed by atoms with Gasteiger partial charge in [-0.05, 0) is 73.7 Å². The smallest absolute Gasteiger partial charge is 0.0608 e. The number of hydrogen-bond donors (Lipinski definition) is 0. The molecule has 1 aromatic carbocycles. The summed E-state index contributed by atoms with van der Waals surface area (Å²) in [5, 5.41) is 0. The second-order valence-corrected chi connectivity index (χ2v) is 8.26. The molecule has 0 aromatic heterocycles. The van der Waals surface area contributed by atoms with Gasteiger partial charge in [-0.15, -0.1) is 0 Å². The number of likely N-dealkylation sites (tertiary alicyclic amines) is 1. The molecule has 0 spiro atoms. The standard InChI is InChI=1S/C23H32N2/c1-3-7-19(8-4-1)15-22-16-24-17-23(22)21-11-13-25(14-12-21)18-20-9-5-2-6-10-20/h1,3-4,7-8,16,20-21H,2,5-6,9-15,17-18H2. The molecular weight excluding hydrogens is 304 g/mol. The van der Waals surface area contributed by atoms with E-state index >= 15 is 0 Å². The molecule has 0 atom stereocenters. The van der Waals surface area contributed by atoms with Crippen molar-refractivity contribution < 1.29 is 0 Å². The number of rotatable bonds is 5. The van der Waals surface area contributed by atoms with E-state index in [0.717, 1.165) is 24.8 Å². The van der Waals surface area contributed by atoms with Crippen LogP contribution in [-0.4, -0.2) is 37.3 Å². The maximum Gasteiger partial charge on any atom is 0.0608 e. The van der Waals surface area contributed by atoms with Crippen molar-refractivity contribution in [3.05, 3.63) is 47.0 Å². The Labute approximate surface area is 153 Å². The predicted octanol–water partition coefficient (Wildman–Crippen LogP) is 4.90. The molecule has 25 heavy (non-hydrogen) atoms. The minimum Gasteiger partial charge on any atom is -0.303 e. The van der Waals surface area contributed by atoms with Gasteiger partial charge >= 0.3 is 0 Å². The van der Waals surface area contributed by atoms with Crippen LogP contribution in [-0.2, 0) is 6.42 Å². The summed E-state index contributed by atoms with van der Waals surface area (Å²) in [6.45, 7) is 4.90. The molecule has 2 heterocycles. The Balaban J connectivity index is 1.32. The van der Waals surface area contributed by atoms with E-state index < -0.39 is 0 Å². The monoisotopic (exact) mass is 336 g/mol. The zero-order chi connectivity index (χ0) is 16.9. The third-order valence-electron chi connectivity index (χ3n) is 6.48. The Kier molecular flexibility index (Phi) is 5.66. The number of nitrogens with zero attached hydrogens (tertiary/aromatic N) is 2. The molecule has 0 bridgehead atoms. The van der Waals surface area contributed by atoms with Crippen molar-refractivity contribution in [3.63, 3.8) is 0 Å². The van der Waals surface area contributed by atoms with Crippen molar-refractivity contribution in [2.45, 2.75) is 51.4 Å². The van der Waals surface area contributed by atoms with E-state index in [4.69, 9.17) is 0 Å². The van der Waals surface area contributed by atoms with Gasteiger partial charge in [0.05, 0.1) is 6.54 Å². The Hall–Kier alpha value is -1.41. The van der Waals surface area contributed by atoms with Gasteiger partial charge in [-0.3, -0.25) is 4.99 Å². The van der Waals surface area contributed by atoms with Crippen LogP contribution in [0.15, 0.2) is 46.5 Å². The number of allylic oxidation sites excluding steroid dienone is 1. The van der Waals surface area contributed by atoms with E-state index in [1.165, 1.54) is 75.7 Å². The normalized spacial score (nSPS) is 23.5. The largest absolute Gasteiger partial charge is 0.303 e. The first-order valence-electron chi connectivity index (χ1n) is 10.4. The van der Waals surface area contributed by atoms with Crippen LogP contribution in [0.5, 0.6) is 0 Å². The topological polar surface area (TPSA) is 15.6 Å². The molecule has 1 aromatic rings. The maximum absolute atomic E-state index is 4.62. The average Bonchev–Trinajstić information content (AvgIpc) is 3.12. The summed E-state index contributed by atoms with van der Waals surface area (Å²) in [6.07, 6.45) is 13.2. The minimum absolute atomic E-state index is 0.767. The number of aliphatic imine (C=N–C) groups is 1. The lowest BCUT2D eigenvalue weighted by molar-refractivity contribution is 0.155. The van der Waals surface area contributed by atoms with Crippen LogP contribution < -0.4 is 0 Å². The predicted molar refractivity (Wildman–Crippen MR) is 106 cm³/mol. The quantitative estimate of drug-likeness (QED) is 0.746.